The molecule has 2 aromatic heterocycles. The van der Waals surface area contributed by atoms with Crippen LogP contribution in [0.5, 0.6) is 0 Å². The van der Waals surface area contributed by atoms with E-state index in [0.717, 1.165) is 43.7 Å². The second-order valence-corrected chi connectivity index (χ2v) is 11.7. The maximum absolute atomic E-state index is 14.9. The zero-order valence-electron chi connectivity index (χ0n) is 20.5. The summed E-state index contributed by atoms with van der Waals surface area (Å²) >= 11 is 6.50. The molecule has 8 nitrogen and oxygen atoms in total. The summed E-state index contributed by atoms with van der Waals surface area (Å²) in [5.41, 5.74) is 2.67. The summed E-state index contributed by atoms with van der Waals surface area (Å²) < 4.78 is 46.4. The zero-order chi connectivity index (χ0) is 26.2. The van der Waals surface area contributed by atoms with Crippen LogP contribution < -0.4 is 4.90 Å². The molecule has 11 heteroatoms. The van der Waals surface area contributed by atoms with Gasteiger partial charge < -0.3 is 9.32 Å². The summed E-state index contributed by atoms with van der Waals surface area (Å²) in [6.07, 6.45) is 4.02. The topological polar surface area (TPSA) is 84.5 Å². The Labute approximate surface area is 220 Å². The van der Waals surface area contributed by atoms with Crippen molar-refractivity contribution in [2.24, 2.45) is 0 Å². The molecule has 1 saturated heterocycles. The number of rotatable bonds is 7. The van der Waals surface area contributed by atoms with E-state index in [0.29, 0.717) is 11.7 Å². The predicted octanol–water partition coefficient (Wildman–Crippen LogP) is 4.82. The first-order chi connectivity index (χ1) is 17.7. The fraction of sp³-hybridized carbons (Fsp3) is 0.308. The number of aromatic nitrogens is 3. The maximum Gasteiger partial charge on any atom is 0.185 e. The Hall–Kier alpha value is -3.21. The fourth-order valence-electron chi connectivity index (χ4n) is 4.49. The molecule has 0 N–H and O–H groups in total. The van der Waals surface area contributed by atoms with E-state index in [1.807, 2.05) is 18.2 Å². The molecule has 0 aliphatic carbocycles. The van der Waals surface area contributed by atoms with Crippen molar-refractivity contribution in [1.82, 2.24) is 19.9 Å². The van der Waals surface area contributed by atoms with Crippen molar-refractivity contribution in [3.05, 3.63) is 77.6 Å². The van der Waals surface area contributed by atoms with Gasteiger partial charge in [-0.15, -0.1) is 5.10 Å². The minimum atomic E-state index is -3.72. The highest BCUT2D eigenvalue weighted by Gasteiger charge is 2.23. The van der Waals surface area contributed by atoms with Gasteiger partial charge in [-0.3, -0.25) is 4.90 Å². The van der Waals surface area contributed by atoms with Crippen LogP contribution in [0.15, 0.2) is 70.5 Å². The van der Waals surface area contributed by atoms with E-state index in [-0.39, 0.29) is 21.2 Å². The Kier molecular flexibility index (Phi) is 7.06. The highest BCUT2D eigenvalue weighted by atomic mass is 35.5. The monoisotopic (exact) mass is 543 g/mol. The van der Waals surface area contributed by atoms with Crippen molar-refractivity contribution in [1.29, 1.82) is 0 Å². The molecular weight excluding hydrogens is 517 g/mol. The Balaban J connectivity index is 1.40. The first-order valence-electron chi connectivity index (χ1n) is 12.0. The van der Waals surface area contributed by atoms with E-state index in [1.54, 1.807) is 6.20 Å². The van der Waals surface area contributed by atoms with Crippen molar-refractivity contribution >= 4 is 27.1 Å². The van der Waals surface area contributed by atoms with E-state index < -0.39 is 21.4 Å². The van der Waals surface area contributed by atoms with Crippen molar-refractivity contribution in [2.45, 2.75) is 30.5 Å². The normalized spacial score (nSPS) is 15.0. The second kappa shape index (κ2) is 10.3. The van der Waals surface area contributed by atoms with Crippen LogP contribution in [0.3, 0.4) is 0 Å². The molecule has 0 spiro atoms. The van der Waals surface area contributed by atoms with E-state index in [4.69, 9.17) is 16.0 Å². The van der Waals surface area contributed by atoms with Gasteiger partial charge in [-0.25, -0.2) is 17.5 Å². The summed E-state index contributed by atoms with van der Waals surface area (Å²) in [5.74, 6) is -1.05. The lowest BCUT2D eigenvalue weighted by Crippen LogP contribution is -2.48. The van der Waals surface area contributed by atoms with E-state index >= 15 is 0 Å². The second-order valence-electron chi connectivity index (χ2n) is 9.30. The van der Waals surface area contributed by atoms with Gasteiger partial charge in [0.1, 0.15) is 28.4 Å². The van der Waals surface area contributed by atoms with Crippen LogP contribution in [-0.2, 0) is 15.6 Å². The summed E-state index contributed by atoms with van der Waals surface area (Å²) in [7, 11) is -3.72. The average Bonchev–Trinajstić information content (AvgIpc) is 3.60. The van der Waals surface area contributed by atoms with Gasteiger partial charge in [0.2, 0.25) is 0 Å². The van der Waals surface area contributed by atoms with Gasteiger partial charge in [-0.05, 0) is 43.7 Å². The Morgan fingerprint density at radius 1 is 1.11 bits per heavy atom. The van der Waals surface area contributed by atoms with Gasteiger partial charge in [-0.1, -0.05) is 35.0 Å². The number of anilines is 1. The number of piperazine rings is 1. The molecule has 5 rings (SSSR count). The summed E-state index contributed by atoms with van der Waals surface area (Å²) in [6, 6.07) is 12.4. The lowest BCUT2D eigenvalue weighted by molar-refractivity contribution is 0.209. The first-order valence-corrected chi connectivity index (χ1v) is 14.0. The Bertz CT molecular complexity index is 1500. The highest BCUT2D eigenvalue weighted by molar-refractivity contribution is 7.90. The van der Waals surface area contributed by atoms with Crippen LogP contribution in [0.2, 0.25) is 5.02 Å². The first kappa shape index (κ1) is 25.4. The molecule has 4 aromatic rings. The van der Waals surface area contributed by atoms with Crippen molar-refractivity contribution < 1.29 is 17.2 Å². The zero-order valence-corrected chi connectivity index (χ0v) is 22.1. The maximum atomic E-state index is 14.9. The van der Waals surface area contributed by atoms with E-state index in [2.05, 4.69) is 40.0 Å². The molecule has 0 atom stereocenters. The van der Waals surface area contributed by atoms with Crippen molar-refractivity contribution in [3.8, 4) is 16.9 Å². The molecule has 0 amide bonds. The van der Waals surface area contributed by atoms with Crippen LogP contribution in [-0.4, -0.2) is 60.5 Å². The molecule has 1 aliphatic rings. The smallest absolute Gasteiger partial charge is 0.185 e. The van der Waals surface area contributed by atoms with Gasteiger partial charge >= 0.3 is 0 Å². The number of nitrogens with zero attached hydrogens (tertiary/aromatic N) is 5. The molecule has 1 fully saturated rings. The number of benzene rings is 2. The molecule has 1 aliphatic heterocycles. The van der Waals surface area contributed by atoms with E-state index in [9.17, 15) is 12.8 Å². The molecule has 37 heavy (non-hydrogen) atoms. The minimum Gasteiger partial charge on any atom is -0.471 e. The molecule has 0 saturated carbocycles. The molecule has 2 aromatic carbocycles. The van der Waals surface area contributed by atoms with Crippen LogP contribution in [0.1, 0.15) is 19.4 Å². The number of hydrogen-bond donors (Lipinski definition) is 0. The predicted molar refractivity (Wildman–Crippen MR) is 140 cm³/mol. The van der Waals surface area contributed by atoms with Gasteiger partial charge in [0, 0.05) is 43.5 Å². The quantitative estimate of drug-likeness (QED) is 0.330. The van der Waals surface area contributed by atoms with Gasteiger partial charge in [0.15, 0.2) is 9.84 Å². The number of hydrogen-bond acceptors (Lipinski definition) is 7. The van der Waals surface area contributed by atoms with Crippen LogP contribution in [0.4, 0.5) is 10.1 Å². The van der Waals surface area contributed by atoms with Crippen LogP contribution in [0, 0.1) is 5.82 Å². The molecule has 0 bridgehead atoms. The summed E-state index contributed by atoms with van der Waals surface area (Å²) in [6.45, 7) is 8.30. The molecule has 0 unspecified atom stereocenters. The average molecular weight is 544 g/mol. The van der Waals surface area contributed by atoms with E-state index in [1.165, 1.54) is 29.1 Å². The van der Waals surface area contributed by atoms with Crippen LogP contribution in [0.25, 0.3) is 16.9 Å². The van der Waals surface area contributed by atoms with Crippen molar-refractivity contribution in [3.63, 3.8) is 0 Å². The third kappa shape index (κ3) is 5.27. The van der Waals surface area contributed by atoms with Crippen molar-refractivity contribution in [2.75, 3.05) is 31.1 Å². The number of sulfone groups is 1. The number of furan rings is 1. The fourth-order valence-corrected chi connectivity index (χ4v) is 6.15. The Morgan fingerprint density at radius 3 is 2.59 bits per heavy atom. The lowest BCUT2D eigenvalue weighted by Gasteiger charge is -2.38. The molecular formula is C26H27ClFN5O3S. The van der Waals surface area contributed by atoms with Crippen LogP contribution >= 0.6 is 11.6 Å². The Morgan fingerprint density at radius 2 is 1.89 bits per heavy atom. The summed E-state index contributed by atoms with van der Waals surface area (Å²) in [4.78, 5) is 4.83. The molecule has 194 valence electrons. The largest absolute Gasteiger partial charge is 0.471 e. The molecule has 0 radical (unpaired) electrons. The standard InChI is InChI=1S/C26H27ClFN5O3S/c1-18(2)31-9-11-32(12-10-31)21-5-3-4-19(14-21)24-15-33(30-29-24)26-23(28)7-6-20(25(26)27)17-37(34,35)22-8-13-36-16-22/h3-8,13-16,18H,9-12,17H2,1-2H3. The minimum absolute atomic E-state index is 0.0305. The molecule has 3 heterocycles. The van der Waals surface area contributed by atoms with Gasteiger partial charge in [0.05, 0.1) is 23.2 Å². The summed E-state index contributed by atoms with van der Waals surface area (Å²) in [5, 5.41) is 8.30. The van der Waals surface area contributed by atoms with Gasteiger partial charge in [-0.2, -0.15) is 0 Å². The SMILES string of the molecule is CC(C)N1CCN(c2cccc(-c3cn(-c4c(F)ccc(CS(=O)(=O)c5ccoc5)c4Cl)nn3)c2)CC1. The third-order valence-electron chi connectivity index (χ3n) is 6.62. The number of halogens is 2. The van der Waals surface area contributed by atoms with Gasteiger partial charge in [0.25, 0.3) is 0 Å². The lowest BCUT2D eigenvalue weighted by atomic mass is 10.1. The highest BCUT2D eigenvalue weighted by Crippen LogP contribution is 2.31. The third-order valence-corrected chi connectivity index (χ3v) is 8.68.